The Morgan fingerprint density at radius 3 is 2.55 bits per heavy atom. The summed E-state index contributed by atoms with van der Waals surface area (Å²) >= 11 is 5.86. The first-order chi connectivity index (χ1) is 10.7. The van der Waals surface area contributed by atoms with Crippen LogP contribution in [0.2, 0.25) is 5.02 Å². The van der Waals surface area contributed by atoms with Crippen molar-refractivity contribution in [2.75, 3.05) is 7.11 Å². The first-order valence-electron chi connectivity index (χ1n) is 6.46. The maximum atomic E-state index is 12.1. The van der Waals surface area contributed by atoms with E-state index in [9.17, 15) is 4.79 Å². The number of hydrogen-bond donors (Lipinski definition) is 1. The van der Waals surface area contributed by atoms with Gasteiger partial charge in [0.2, 0.25) is 0 Å². The van der Waals surface area contributed by atoms with Gasteiger partial charge >= 0.3 is 0 Å². The fraction of sp³-hybridized carbons (Fsp3) is 0.0625. The third kappa shape index (κ3) is 4.43. The summed E-state index contributed by atoms with van der Waals surface area (Å²) in [5.74, 6) is -0.359. The van der Waals surface area contributed by atoms with Crippen LogP contribution in [0.5, 0.6) is 0 Å². The summed E-state index contributed by atoms with van der Waals surface area (Å²) in [7, 11) is 1.43. The molecule has 6 heteroatoms. The van der Waals surface area contributed by atoms with E-state index in [1.54, 1.807) is 24.3 Å². The fourth-order valence-corrected chi connectivity index (χ4v) is 1.88. The second kappa shape index (κ2) is 7.95. The van der Waals surface area contributed by atoms with Crippen LogP contribution in [0.25, 0.3) is 0 Å². The zero-order valence-electron chi connectivity index (χ0n) is 11.9. The predicted octanol–water partition coefficient (Wildman–Crippen LogP) is 3.11. The summed E-state index contributed by atoms with van der Waals surface area (Å²) in [6.07, 6.45) is 1.42. The van der Waals surface area contributed by atoms with Crippen LogP contribution in [-0.2, 0) is 4.84 Å². The number of carbonyl (C=O) groups excluding carboxylic acids is 1. The summed E-state index contributed by atoms with van der Waals surface area (Å²) in [5.41, 5.74) is 4.17. The zero-order valence-corrected chi connectivity index (χ0v) is 12.6. The Bertz CT molecular complexity index is 700. The molecule has 0 aliphatic rings. The van der Waals surface area contributed by atoms with Gasteiger partial charge in [0.25, 0.3) is 5.91 Å². The van der Waals surface area contributed by atoms with Gasteiger partial charge in [-0.25, -0.2) is 5.43 Å². The van der Waals surface area contributed by atoms with Crippen LogP contribution in [0.3, 0.4) is 0 Å². The van der Waals surface area contributed by atoms with Crippen LogP contribution < -0.4 is 5.43 Å². The maximum Gasteiger partial charge on any atom is 0.271 e. The molecule has 0 saturated carbocycles. The van der Waals surface area contributed by atoms with Crippen molar-refractivity contribution in [1.29, 1.82) is 0 Å². The van der Waals surface area contributed by atoms with Crippen LogP contribution in [-0.4, -0.2) is 24.9 Å². The number of hydrogen-bond acceptors (Lipinski definition) is 4. The number of amides is 1. The lowest BCUT2D eigenvalue weighted by atomic mass is 10.1. The Morgan fingerprint density at radius 1 is 1.14 bits per heavy atom. The molecule has 2 aromatic rings. The van der Waals surface area contributed by atoms with Crippen molar-refractivity contribution in [3.05, 3.63) is 70.7 Å². The molecule has 0 radical (unpaired) electrons. The van der Waals surface area contributed by atoms with E-state index in [-0.39, 0.29) is 5.91 Å². The van der Waals surface area contributed by atoms with Gasteiger partial charge in [-0.1, -0.05) is 53.2 Å². The number of nitrogens with zero attached hydrogens (tertiary/aromatic N) is 2. The SMILES string of the molecule is CO/N=C/C(=N\NC(=O)c1cccc(Cl)c1)c1ccccc1. The molecule has 0 bridgehead atoms. The lowest BCUT2D eigenvalue weighted by molar-refractivity contribution is 0.0955. The summed E-state index contributed by atoms with van der Waals surface area (Å²) in [6, 6.07) is 15.9. The second-order valence-corrected chi connectivity index (χ2v) is 4.67. The quantitative estimate of drug-likeness (QED) is 0.680. The highest BCUT2D eigenvalue weighted by atomic mass is 35.5. The van der Waals surface area contributed by atoms with E-state index in [1.807, 2.05) is 30.3 Å². The number of carbonyl (C=O) groups is 1. The largest absolute Gasteiger partial charge is 0.399 e. The summed E-state index contributed by atoms with van der Waals surface area (Å²) < 4.78 is 0. The smallest absolute Gasteiger partial charge is 0.271 e. The molecule has 112 valence electrons. The van der Waals surface area contributed by atoms with Crippen molar-refractivity contribution >= 4 is 29.4 Å². The van der Waals surface area contributed by atoms with Crippen LogP contribution in [0.15, 0.2) is 64.9 Å². The van der Waals surface area contributed by atoms with Gasteiger partial charge in [0.1, 0.15) is 12.8 Å². The van der Waals surface area contributed by atoms with E-state index in [2.05, 4.69) is 20.5 Å². The van der Waals surface area contributed by atoms with Gasteiger partial charge in [-0.2, -0.15) is 5.10 Å². The van der Waals surface area contributed by atoms with Gasteiger partial charge in [-0.3, -0.25) is 4.79 Å². The molecule has 0 saturated heterocycles. The number of halogens is 1. The number of nitrogens with one attached hydrogen (secondary N) is 1. The highest BCUT2D eigenvalue weighted by molar-refractivity contribution is 6.38. The lowest BCUT2D eigenvalue weighted by Crippen LogP contribution is -2.20. The molecule has 0 aromatic heterocycles. The molecule has 0 spiro atoms. The fourth-order valence-electron chi connectivity index (χ4n) is 1.68. The van der Waals surface area contributed by atoms with E-state index in [4.69, 9.17) is 11.6 Å². The lowest BCUT2D eigenvalue weighted by Gasteiger charge is -2.03. The topological polar surface area (TPSA) is 63.1 Å². The van der Waals surface area contributed by atoms with E-state index in [1.165, 1.54) is 13.3 Å². The van der Waals surface area contributed by atoms with Crippen molar-refractivity contribution in [2.45, 2.75) is 0 Å². The molecule has 0 unspecified atom stereocenters. The maximum absolute atomic E-state index is 12.1. The Balaban J connectivity index is 2.19. The molecule has 1 N–H and O–H groups in total. The molecule has 0 aliphatic heterocycles. The third-order valence-corrected chi connectivity index (χ3v) is 2.95. The van der Waals surface area contributed by atoms with Gasteiger partial charge in [0, 0.05) is 16.1 Å². The molecule has 22 heavy (non-hydrogen) atoms. The Labute approximate surface area is 133 Å². The van der Waals surface area contributed by atoms with Gasteiger partial charge in [-0.05, 0) is 18.2 Å². The number of oxime groups is 1. The zero-order chi connectivity index (χ0) is 15.8. The molecule has 1 amide bonds. The van der Waals surface area contributed by atoms with Gasteiger partial charge in [-0.15, -0.1) is 0 Å². The van der Waals surface area contributed by atoms with Crippen LogP contribution in [0.1, 0.15) is 15.9 Å². The molecule has 5 nitrogen and oxygen atoms in total. The normalized spacial score (nSPS) is 11.5. The van der Waals surface area contributed by atoms with Gasteiger partial charge in [0.15, 0.2) is 0 Å². The minimum Gasteiger partial charge on any atom is -0.399 e. The first-order valence-corrected chi connectivity index (χ1v) is 6.84. The third-order valence-electron chi connectivity index (χ3n) is 2.71. The number of rotatable bonds is 5. The molecular weight excluding hydrogens is 302 g/mol. The van der Waals surface area contributed by atoms with Crippen molar-refractivity contribution in [1.82, 2.24) is 5.43 Å². The van der Waals surface area contributed by atoms with Crippen molar-refractivity contribution < 1.29 is 9.63 Å². The average Bonchev–Trinajstić information content (AvgIpc) is 2.55. The summed E-state index contributed by atoms with van der Waals surface area (Å²) in [5, 5.41) is 8.25. The Kier molecular flexibility index (Phi) is 5.68. The highest BCUT2D eigenvalue weighted by Crippen LogP contribution is 2.10. The Morgan fingerprint density at radius 2 is 1.86 bits per heavy atom. The van der Waals surface area contributed by atoms with E-state index < -0.39 is 0 Å². The van der Waals surface area contributed by atoms with Gasteiger partial charge in [0.05, 0.1) is 6.21 Å². The summed E-state index contributed by atoms with van der Waals surface area (Å²) in [6.45, 7) is 0. The van der Waals surface area contributed by atoms with Crippen LogP contribution >= 0.6 is 11.6 Å². The van der Waals surface area contributed by atoms with Crippen LogP contribution in [0, 0.1) is 0 Å². The van der Waals surface area contributed by atoms with E-state index in [0.29, 0.717) is 16.3 Å². The first kappa shape index (κ1) is 15.7. The van der Waals surface area contributed by atoms with Crippen molar-refractivity contribution in [3.8, 4) is 0 Å². The average molecular weight is 316 g/mol. The molecule has 0 heterocycles. The van der Waals surface area contributed by atoms with Crippen LogP contribution in [0.4, 0.5) is 0 Å². The predicted molar refractivity (Wildman–Crippen MR) is 87.4 cm³/mol. The molecule has 0 atom stereocenters. The van der Waals surface area contributed by atoms with E-state index in [0.717, 1.165) is 5.56 Å². The van der Waals surface area contributed by atoms with Crippen molar-refractivity contribution in [2.24, 2.45) is 10.3 Å². The monoisotopic (exact) mass is 315 g/mol. The highest BCUT2D eigenvalue weighted by Gasteiger charge is 2.06. The van der Waals surface area contributed by atoms with Crippen molar-refractivity contribution in [3.63, 3.8) is 0 Å². The molecular formula is C16H14ClN3O2. The molecule has 0 aliphatic carbocycles. The summed E-state index contributed by atoms with van der Waals surface area (Å²) in [4.78, 5) is 16.7. The number of benzene rings is 2. The molecule has 0 fully saturated rings. The Hall–Kier alpha value is -2.66. The molecule has 2 aromatic carbocycles. The molecule has 2 rings (SSSR count). The van der Waals surface area contributed by atoms with E-state index >= 15 is 0 Å². The second-order valence-electron chi connectivity index (χ2n) is 4.23. The number of hydrazone groups is 1. The van der Waals surface area contributed by atoms with Gasteiger partial charge < -0.3 is 4.84 Å². The minimum absolute atomic E-state index is 0.359. The standard InChI is InChI=1S/C16H14ClN3O2/c1-22-18-11-15(12-6-3-2-4-7-12)19-20-16(21)13-8-5-9-14(17)10-13/h2-11H,1H3,(H,20,21)/b18-11+,19-15+. The minimum atomic E-state index is -0.359.